The van der Waals surface area contributed by atoms with Gasteiger partial charge in [-0.1, -0.05) is 18.2 Å². The lowest BCUT2D eigenvalue weighted by Gasteiger charge is -2.13. The van der Waals surface area contributed by atoms with Crippen LogP contribution in [0.2, 0.25) is 0 Å². The van der Waals surface area contributed by atoms with Gasteiger partial charge in [-0.3, -0.25) is 0 Å². The number of hydrogen-bond donors (Lipinski definition) is 1. The highest BCUT2D eigenvalue weighted by molar-refractivity contribution is 5.39. The summed E-state index contributed by atoms with van der Waals surface area (Å²) in [6.07, 6.45) is 0. The van der Waals surface area contributed by atoms with Gasteiger partial charge in [-0.05, 0) is 31.9 Å². The summed E-state index contributed by atoms with van der Waals surface area (Å²) in [6.45, 7) is 6.60. The zero-order valence-corrected chi connectivity index (χ0v) is 8.50. The quantitative estimate of drug-likeness (QED) is 0.773. The highest BCUT2D eigenvalue weighted by atomic mass is 16.5. The van der Waals surface area contributed by atoms with E-state index in [0.717, 1.165) is 5.75 Å². The Bertz CT molecular complexity index is 266. The molecule has 1 aromatic carbocycles. The van der Waals surface area contributed by atoms with Crippen LogP contribution in [0.3, 0.4) is 0 Å². The van der Waals surface area contributed by atoms with Crippen LogP contribution in [0.15, 0.2) is 18.2 Å². The molecule has 72 valence electrons. The Balaban J connectivity index is 0.00000169. The Morgan fingerprint density at radius 2 is 1.92 bits per heavy atom. The molecule has 0 radical (unpaired) electrons. The van der Waals surface area contributed by atoms with Crippen LogP contribution in [0, 0.1) is 13.8 Å². The van der Waals surface area contributed by atoms with Crippen LogP contribution in [0.5, 0.6) is 5.75 Å². The maximum Gasteiger partial charge on any atom is 1.00 e. The van der Waals surface area contributed by atoms with Gasteiger partial charge in [-0.15, -0.1) is 0 Å². The van der Waals surface area contributed by atoms with Crippen molar-refractivity contribution in [2.75, 3.05) is 6.61 Å². The smallest absolute Gasteiger partial charge is 0.491 e. The van der Waals surface area contributed by atoms with Crippen LogP contribution in [-0.2, 0) is 0 Å². The van der Waals surface area contributed by atoms with E-state index in [2.05, 4.69) is 0 Å². The molecule has 0 aliphatic rings. The van der Waals surface area contributed by atoms with Crippen molar-refractivity contribution >= 4 is 0 Å². The minimum atomic E-state index is 0. The van der Waals surface area contributed by atoms with Crippen molar-refractivity contribution in [3.05, 3.63) is 29.3 Å². The molecular formula is C11H18NO+. The minimum Gasteiger partial charge on any atom is -0.491 e. The van der Waals surface area contributed by atoms with Crippen molar-refractivity contribution in [1.29, 1.82) is 0 Å². The molecule has 0 saturated carbocycles. The fourth-order valence-electron chi connectivity index (χ4n) is 1.24. The number of nitrogens with two attached hydrogens (primary N) is 1. The topological polar surface area (TPSA) is 35.2 Å². The van der Waals surface area contributed by atoms with Gasteiger partial charge in [0, 0.05) is 6.04 Å². The van der Waals surface area contributed by atoms with Gasteiger partial charge in [-0.2, -0.15) is 0 Å². The first kappa shape index (κ1) is 10.1. The summed E-state index contributed by atoms with van der Waals surface area (Å²) in [5, 5.41) is 0. The predicted octanol–water partition coefficient (Wildman–Crippen LogP) is 2.14. The maximum absolute atomic E-state index is 5.62. The van der Waals surface area contributed by atoms with Gasteiger partial charge in [-0.25, -0.2) is 0 Å². The lowest BCUT2D eigenvalue weighted by molar-refractivity contribution is 0.292. The molecule has 0 aromatic heterocycles. The second-order valence-corrected chi connectivity index (χ2v) is 3.51. The summed E-state index contributed by atoms with van der Waals surface area (Å²) < 4.78 is 5.60. The molecule has 1 aromatic rings. The van der Waals surface area contributed by atoms with Crippen molar-refractivity contribution in [2.45, 2.75) is 26.8 Å². The first-order valence-corrected chi connectivity index (χ1v) is 4.56. The van der Waals surface area contributed by atoms with Crippen LogP contribution in [-0.4, -0.2) is 12.6 Å². The van der Waals surface area contributed by atoms with E-state index in [1.54, 1.807) is 0 Å². The van der Waals surface area contributed by atoms with Crippen LogP contribution >= 0.6 is 0 Å². The second-order valence-electron chi connectivity index (χ2n) is 3.51. The largest absolute Gasteiger partial charge is 1.00 e. The minimum absolute atomic E-state index is 0. The Labute approximate surface area is 81.2 Å². The molecule has 0 heterocycles. The van der Waals surface area contributed by atoms with E-state index in [-0.39, 0.29) is 7.47 Å². The van der Waals surface area contributed by atoms with Gasteiger partial charge >= 0.3 is 1.43 Å². The average Bonchev–Trinajstić information content (AvgIpc) is 2.03. The van der Waals surface area contributed by atoms with Gasteiger partial charge in [0.15, 0.2) is 0 Å². The van der Waals surface area contributed by atoms with Crippen LogP contribution in [0.1, 0.15) is 19.5 Å². The standard InChI is InChI=1S/C11H17NO/c1-8-5-4-6-9(2)11(8)13-7-10(3)12/h4-6,10H,7,12H2,1-3H3/p+1. The number of para-hydroxylation sites is 1. The fourth-order valence-corrected chi connectivity index (χ4v) is 1.24. The van der Waals surface area contributed by atoms with E-state index >= 15 is 0 Å². The van der Waals surface area contributed by atoms with Gasteiger partial charge in [0.05, 0.1) is 0 Å². The third-order valence-electron chi connectivity index (χ3n) is 1.90. The molecule has 0 aliphatic carbocycles. The summed E-state index contributed by atoms with van der Waals surface area (Å²) in [5.41, 5.74) is 7.95. The third kappa shape index (κ3) is 2.74. The SMILES string of the molecule is Cc1cccc(C)c1OCC(C)N.[H+]. The summed E-state index contributed by atoms with van der Waals surface area (Å²) in [6, 6.07) is 6.20. The van der Waals surface area contributed by atoms with E-state index in [0.29, 0.717) is 6.61 Å². The molecule has 2 N–H and O–H groups in total. The second kappa shape index (κ2) is 4.28. The molecule has 2 heteroatoms. The molecular weight excluding hydrogens is 162 g/mol. The first-order valence-electron chi connectivity index (χ1n) is 4.56. The van der Waals surface area contributed by atoms with Crippen molar-refractivity contribution < 1.29 is 6.16 Å². The van der Waals surface area contributed by atoms with Crippen molar-refractivity contribution in [3.63, 3.8) is 0 Å². The average molecular weight is 180 g/mol. The number of benzene rings is 1. The number of hydrogen-bond acceptors (Lipinski definition) is 2. The Morgan fingerprint density at radius 3 is 2.38 bits per heavy atom. The summed E-state index contributed by atoms with van der Waals surface area (Å²) in [7, 11) is 0. The maximum atomic E-state index is 5.62. The van der Waals surface area contributed by atoms with Crippen molar-refractivity contribution in [1.82, 2.24) is 0 Å². The van der Waals surface area contributed by atoms with Crippen LogP contribution < -0.4 is 10.5 Å². The number of aryl methyl sites for hydroxylation is 2. The lowest BCUT2D eigenvalue weighted by atomic mass is 10.1. The van der Waals surface area contributed by atoms with E-state index in [1.165, 1.54) is 11.1 Å². The lowest BCUT2D eigenvalue weighted by Crippen LogP contribution is -2.24. The molecule has 13 heavy (non-hydrogen) atoms. The van der Waals surface area contributed by atoms with E-state index in [9.17, 15) is 0 Å². The Kier molecular flexibility index (Phi) is 3.32. The molecule has 0 bridgehead atoms. The molecule has 0 saturated heterocycles. The number of ether oxygens (including phenoxy) is 1. The molecule has 1 atom stereocenters. The monoisotopic (exact) mass is 180 g/mol. The van der Waals surface area contributed by atoms with Crippen molar-refractivity contribution in [3.8, 4) is 5.75 Å². The highest BCUT2D eigenvalue weighted by Crippen LogP contribution is 2.22. The number of rotatable bonds is 3. The van der Waals surface area contributed by atoms with E-state index in [1.807, 2.05) is 39.0 Å². The predicted molar refractivity (Wildman–Crippen MR) is 56.2 cm³/mol. The Hall–Kier alpha value is -1.02. The highest BCUT2D eigenvalue weighted by Gasteiger charge is 2.03. The molecule has 1 rings (SSSR count). The molecule has 2 nitrogen and oxygen atoms in total. The van der Waals surface area contributed by atoms with Crippen LogP contribution in [0.4, 0.5) is 0 Å². The molecule has 1 unspecified atom stereocenters. The van der Waals surface area contributed by atoms with Gasteiger partial charge in [0.25, 0.3) is 0 Å². The zero-order valence-electron chi connectivity index (χ0n) is 9.50. The Morgan fingerprint density at radius 1 is 1.38 bits per heavy atom. The first-order chi connectivity index (χ1) is 6.11. The summed E-state index contributed by atoms with van der Waals surface area (Å²) in [5.74, 6) is 0.972. The third-order valence-corrected chi connectivity index (χ3v) is 1.90. The van der Waals surface area contributed by atoms with Gasteiger partial charge in [0.2, 0.25) is 0 Å². The summed E-state index contributed by atoms with van der Waals surface area (Å²) >= 11 is 0. The van der Waals surface area contributed by atoms with Crippen LogP contribution in [0.25, 0.3) is 0 Å². The van der Waals surface area contributed by atoms with Gasteiger partial charge < -0.3 is 10.5 Å². The van der Waals surface area contributed by atoms with E-state index in [4.69, 9.17) is 10.5 Å². The molecule has 0 amide bonds. The van der Waals surface area contributed by atoms with Gasteiger partial charge in [0.1, 0.15) is 12.4 Å². The fraction of sp³-hybridized carbons (Fsp3) is 0.455. The molecule has 0 aliphatic heterocycles. The zero-order chi connectivity index (χ0) is 9.84. The molecule has 0 spiro atoms. The van der Waals surface area contributed by atoms with Crippen molar-refractivity contribution in [2.24, 2.45) is 5.73 Å². The van der Waals surface area contributed by atoms with E-state index < -0.39 is 0 Å². The summed E-state index contributed by atoms with van der Waals surface area (Å²) in [4.78, 5) is 0. The molecule has 0 fully saturated rings. The normalized spacial score (nSPS) is 12.6.